The summed E-state index contributed by atoms with van der Waals surface area (Å²) in [6.07, 6.45) is 1.70. The highest BCUT2D eigenvalue weighted by Crippen LogP contribution is 2.24. The average Bonchev–Trinajstić information content (AvgIpc) is 3.07. The van der Waals surface area contributed by atoms with Crippen molar-refractivity contribution in [1.82, 2.24) is 20.1 Å². The first kappa shape index (κ1) is 20.8. The number of nitrogens with zero attached hydrogens (tertiary/aromatic N) is 2. The summed E-state index contributed by atoms with van der Waals surface area (Å²) in [4.78, 5) is 12.9. The van der Waals surface area contributed by atoms with Crippen molar-refractivity contribution in [3.05, 3.63) is 76.3 Å². The number of carbonyl (C=O) groups is 1. The fourth-order valence-corrected chi connectivity index (χ4v) is 3.42. The van der Waals surface area contributed by atoms with Gasteiger partial charge in [0.1, 0.15) is 18.1 Å². The van der Waals surface area contributed by atoms with Crippen molar-refractivity contribution in [2.24, 2.45) is 0 Å². The van der Waals surface area contributed by atoms with Gasteiger partial charge in [0, 0.05) is 6.42 Å². The molecule has 1 amide bonds. The lowest BCUT2D eigenvalue weighted by Crippen LogP contribution is -2.32. The Kier molecular flexibility index (Phi) is 7.19. The summed E-state index contributed by atoms with van der Waals surface area (Å²) in [6, 6.07) is 17.4. The molecule has 3 aromatic rings. The van der Waals surface area contributed by atoms with Crippen molar-refractivity contribution in [1.29, 1.82) is 0 Å². The van der Waals surface area contributed by atoms with Crippen molar-refractivity contribution in [3.63, 3.8) is 0 Å². The van der Waals surface area contributed by atoms with Crippen LogP contribution in [0.1, 0.15) is 43.3 Å². The molecule has 0 spiro atoms. The molecule has 0 saturated carbocycles. The number of hydrogen-bond donors (Lipinski definition) is 2. The fourth-order valence-electron chi connectivity index (χ4n) is 3.21. The molecule has 0 aliphatic rings. The second kappa shape index (κ2) is 10.0. The van der Waals surface area contributed by atoms with Crippen LogP contribution in [-0.2, 0) is 17.8 Å². The predicted octanol–water partition coefficient (Wildman–Crippen LogP) is 4.20. The van der Waals surface area contributed by atoms with E-state index in [-0.39, 0.29) is 18.5 Å². The molecule has 29 heavy (non-hydrogen) atoms. The van der Waals surface area contributed by atoms with Crippen LogP contribution < -0.4 is 10.1 Å². The van der Waals surface area contributed by atoms with E-state index in [0.29, 0.717) is 11.4 Å². The molecule has 0 aliphatic heterocycles. The van der Waals surface area contributed by atoms with Crippen molar-refractivity contribution in [2.45, 2.75) is 39.3 Å². The van der Waals surface area contributed by atoms with Crippen molar-refractivity contribution < 1.29 is 9.53 Å². The molecule has 0 unspecified atom stereocenters. The van der Waals surface area contributed by atoms with Gasteiger partial charge in [-0.1, -0.05) is 49.4 Å². The maximum absolute atomic E-state index is 12.9. The number of aromatic amines is 1. The van der Waals surface area contributed by atoms with E-state index >= 15 is 0 Å². The van der Waals surface area contributed by atoms with Gasteiger partial charge in [0.25, 0.3) is 0 Å². The van der Waals surface area contributed by atoms with E-state index in [9.17, 15) is 4.79 Å². The third kappa shape index (κ3) is 5.32. The largest absolute Gasteiger partial charge is 0.494 e. The number of H-pyrrole nitrogens is 1. The van der Waals surface area contributed by atoms with Crippen LogP contribution in [0, 0.1) is 4.77 Å². The Labute approximate surface area is 175 Å². The molecule has 0 radical (unpaired) electrons. The molecule has 0 bridgehead atoms. The molecule has 152 valence electrons. The monoisotopic (exact) mass is 410 g/mol. The maximum Gasteiger partial charge on any atom is 0.240 e. The average molecular weight is 411 g/mol. The SMILES string of the molecule is CCCc1n[nH]c(=S)n1CC(=O)N[C@H](c1ccccc1)c1ccc(OCC)cc1. The zero-order valence-electron chi connectivity index (χ0n) is 16.7. The molecule has 1 atom stereocenters. The smallest absolute Gasteiger partial charge is 0.240 e. The third-order valence-electron chi connectivity index (χ3n) is 4.58. The molecular formula is C22H26N4O2S. The predicted molar refractivity (Wildman–Crippen MR) is 115 cm³/mol. The first-order valence-corrected chi connectivity index (χ1v) is 10.2. The van der Waals surface area contributed by atoms with Crippen LogP contribution in [0.3, 0.4) is 0 Å². The quantitative estimate of drug-likeness (QED) is 0.519. The minimum absolute atomic E-state index is 0.123. The lowest BCUT2D eigenvalue weighted by molar-refractivity contribution is -0.122. The maximum atomic E-state index is 12.9. The van der Waals surface area contributed by atoms with Crippen molar-refractivity contribution in [3.8, 4) is 5.75 Å². The summed E-state index contributed by atoms with van der Waals surface area (Å²) in [7, 11) is 0. The number of ether oxygens (including phenoxy) is 1. The van der Waals surface area contributed by atoms with Gasteiger partial charge in [-0.05, 0) is 48.8 Å². The van der Waals surface area contributed by atoms with Gasteiger partial charge in [-0.3, -0.25) is 14.5 Å². The van der Waals surface area contributed by atoms with Crippen LogP contribution >= 0.6 is 12.2 Å². The number of nitrogens with one attached hydrogen (secondary N) is 2. The summed E-state index contributed by atoms with van der Waals surface area (Å²) < 4.78 is 7.75. The highest BCUT2D eigenvalue weighted by Gasteiger charge is 2.18. The Morgan fingerprint density at radius 3 is 2.48 bits per heavy atom. The molecular weight excluding hydrogens is 384 g/mol. The Morgan fingerprint density at radius 1 is 1.14 bits per heavy atom. The first-order valence-electron chi connectivity index (χ1n) is 9.83. The minimum Gasteiger partial charge on any atom is -0.494 e. The molecule has 2 aromatic carbocycles. The van der Waals surface area contributed by atoms with E-state index in [1.54, 1.807) is 4.57 Å². The van der Waals surface area contributed by atoms with Gasteiger partial charge in [0.05, 0.1) is 12.6 Å². The standard InChI is InChI=1S/C22H26N4O2S/c1-3-8-19-24-25-22(29)26(19)15-20(27)23-21(16-9-6-5-7-10-16)17-11-13-18(14-12-17)28-4-2/h5-7,9-14,21H,3-4,8,15H2,1-2H3,(H,23,27)(H,25,29)/t21-/m1/s1. The van der Waals surface area contributed by atoms with Gasteiger partial charge < -0.3 is 10.1 Å². The van der Waals surface area contributed by atoms with Crippen molar-refractivity contribution in [2.75, 3.05) is 6.61 Å². The second-order valence-electron chi connectivity index (χ2n) is 6.69. The summed E-state index contributed by atoms with van der Waals surface area (Å²) in [5, 5.41) is 10.2. The first-order chi connectivity index (χ1) is 14.1. The highest BCUT2D eigenvalue weighted by atomic mass is 32.1. The van der Waals surface area contributed by atoms with Crippen LogP contribution in [0.2, 0.25) is 0 Å². The van der Waals surface area contributed by atoms with Crippen molar-refractivity contribution >= 4 is 18.1 Å². The molecule has 3 rings (SSSR count). The number of hydrogen-bond acceptors (Lipinski definition) is 4. The van der Waals surface area contributed by atoms with Crippen LogP contribution in [-0.4, -0.2) is 27.3 Å². The Bertz CT molecular complexity index is 980. The number of rotatable bonds is 9. The number of aryl methyl sites for hydroxylation is 1. The minimum atomic E-state index is -0.268. The van der Waals surface area contributed by atoms with Crippen LogP contribution in [0.15, 0.2) is 54.6 Å². The summed E-state index contributed by atoms with van der Waals surface area (Å²) in [5.74, 6) is 1.48. The van der Waals surface area contributed by atoms with Crippen LogP contribution in [0.25, 0.3) is 0 Å². The Morgan fingerprint density at radius 2 is 1.83 bits per heavy atom. The van der Waals surface area contributed by atoms with Gasteiger partial charge in [-0.2, -0.15) is 5.10 Å². The molecule has 2 N–H and O–H groups in total. The molecule has 1 aromatic heterocycles. The molecule has 7 heteroatoms. The van der Waals surface area contributed by atoms with E-state index in [1.807, 2.05) is 61.5 Å². The van der Waals surface area contributed by atoms with E-state index in [2.05, 4.69) is 22.4 Å². The van der Waals surface area contributed by atoms with Gasteiger partial charge >= 0.3 is 0 Å². The Hall–Kier alpha value is -2.93. The zero-order valence-corrected chi connectivity index (χ0v) is 17.5. The van der Waals surface area contributed by atoms with Crippen LogP contribution in [0.4, 0.5) is 0 Å². The van der Waals surface area contributed by atoms with E-state index in [0.717, 1.165) is 35.5 Å². The number of amides is 1. The molecule has 0 aliphatic carbocycles. The van der Waals surface area contributed by atoms with Gasteiger partial charge in [0.2, 0.25) is 5.91 Å². The van der Waals surface area contributed by atoms with Gasteiger partial charge in [-0.15, -0.1) is 0 Å². The Balaban J connectivity index is 1.83. The summed E-state index contributed by atoms with van der Waals surface area (Å²) in [5.41, 5.74) is 1.99. The number of carbonyl (C=O) groups excluding carboxylic acids is 1. The second-order valence-corrected chi connectivity index (χ2v) is 7.08. The topological polar surface area (TPSA) is 71.9 Å². The molecule has 0 fully saturated rings. The number of benzene rings is 2. The van der Waals surface area contributed by atoms with E-state index < -0.39 is 0 Å². The normalized spacial score (nSPS) is 11.8. The molecule has 1 heterocycles. The van der Waals surface area contributed by atoms with Crippen LogP contribution in [0.5, 0.6) is 5.75 Å². The van der Waals surface area contributed by atoms with Gasteiger partial charge in [-0.25, -0.2) is 0 Å². The van der Waals surface area contributed by atoms with Gasteiger partial charge in [0.15, 0.2) is 4.77 Å². The zero-order chi connectivity index (χ0) is 20.6. The highest BCUT2D eigenvalue weighted by molar-refractivity contribution is 7.71. The lowest BCUT2D eigenvalue weighted by Gasteiger charge is -2.20. The number of aromatic nitrogens is 3. The third-order valence-corrected chi connectivity index (χ3v) is 4.89. The molecule has 6 nitrogen and oxygen atoms in total. The fraction of sp³-hybridized carbons (Fsp3) is 0.318. The lowest BCUT2D eigenvalue weighted by atomic mass is 9.98. The van der Waals surface area contributed by atoms with E-state index in [1.165, 1.54) is 0 Å². The molecule has 0 saturated heterocycles. The van der Waals surface area contributed by atoms with E-state index in [4.69, 9.17) is 17.0 Å². The summed E-state index contributed by atoms with van der Waals surface area (Å²) in [6.45, 7) is 4.77. The summed E-state index contributed by atoms with van der Waals surface area (Å²) >= 11 is 5.30.